The van der Waals surface area contributed by atoms with E-state index in [-0.39, 0.29) is 16.8 Å². The average Bonchev–Trinajstić information content (AvgIpc) is 2.43. The number of alkyl halides is 1. The van der Waals surface area contributed by atoms with Gasteiger partial charge in [0.2, 0.25) is 5.91 Å². The van der Waals surface area contributed by atoms with Gasteiger partial charge in [0.15, 0.2) is 0 Å². The zero-order valence-corrected chi connectivity index (χ0v) is 5.72. The Labute approximate surface area is 55.3 Å². The van der Waals surface area contributed by atoms with E-state index in [9.17, 15) is 4.79 Å². The van der Waals surface area contributed by atoms with Gasteiger partial charge in [-0.3, -0.25) is 4.79 Å². The number of epoxide rings is 1. The smallest absolute Gasteiger partial charge is 0.233 e. The maximum atomic E-state index is 10.3. The third-order valence-corrected chi connectivity index (χ3v) is 2.00. The van der Waals surface area contributed by atoms with Gasteiger partial charge in [-0.25, -0.2) is 0 Å². The summed E-state index contributed by atoms with van der Waals surface area (Å²) in [6.07, 6.45) is 0.0347. The van der Waals surface area contributed by atoms with E-state index in [0.29, 0.717) is 6.61 Å². The minimum absolute atomic E-state index is 0.0347. The van der Waals surface area contributed by atoms with Gasteiger partial charge in [-0.15, -0.1) is 0 Å². The molecule has 4 heteroatoms. The van der Waals surface area contributed by atoms with E-state index in [1.165, 1.54) is 0 Å². The molecule has 1 aliphatic rings. The van der Waals surface area contributed by atoms with Gasteiger partial charge in [-0.1, -0.05) is 15.9 Å². The normalized spacial score (nSPS) is 29.4. The van der Waals surface area contributed by atoms with Crippen molar-refractivity contribution in [1.82, 2.24) is 0 Å². The predicted octanol–water partition coefficient (Wildman–Crippen LogP) is -0.366. The first kappa shape index (κ1) is 6.04. The van der Waals surface area contributed by atoms with Crippen LogP contribution in [0.15, 0.2) is 0 Å². The fraction of sp³-hybridized carbons (Fsp3) is 0.750. The second-order valence-electron chi connectivity index (χ2n) is 1.68. The first-order valence-electron chi connectivity index (χ1n) is 2.27. The number of hydrogen-bond donors (Lipinski definition) is 1. The molecule has 1 heterocycles. The highest BCUT2D eigenvalue weighted by atomic mass is 79.9. The average molecular weight is 180 g/mol. The van der Waals surface area contributed by atoms with Crippen LogP contribution in [0.4, 0.5) is 0 Å². The first-order chi connectivity index (χ1) is 3.72. The molecule has 0 saturated carbocycles. The Morgan fingerprint density at radius 1 is 2.00 bits per heavy atom. The van der Waals surface area contributed by atoms with Crippen LogP contribution in [0.5, 0.6) is 0 Å². The summed E-state index contributed by atoms with van der Waals surface area (Å²) in [4.78, 5) is 9.99. The molecule has 0 unspecified atom stereocenters. The fourth-order valence-electron chi connectivity index (χ4n) is 0.408. The van der Waals surface area contributed by atoms with Gasteiger partial charge >= 0.3 is 0 Å². The monoisotopic (exact) mass is 179 g/mol. The summed E-state index contributed by atoms with van der Waals surface area (Å²) >= 11 is 3.07. The third-order valence-electron chi connectivity index (χ3n) is 0.957. The second kappa shape index (κ2) is 2.03. The third kappa shape index (κ3) is 1.20. The minimum Gasteiger partial charge on any atom is -0.371 e. The SMILES string of the molecule is NC(=O)[C@H](Br)[C@H]1CO1. The molecule has 0 spiro atoms. The van der Waals surface area contributed by atoms with E-state index in [4.69, 9.17) is 10.5 Å². The molecule has 46 valence electrons. The number of halogens is 1. The topological polar surface area (TPSA) is 55.6 Å². The Balaban J connectivity index is 2.32. The van der Waals surface area contributed by atoms with Gasteiger partial charge in [0.25, 0.3) is 0 Å². The molecule has 0 aliphatic carbocycles. The summed E-state index contributed by atoms with van der Waals surface area (Å²) in [5.41, 5.74) is 4.91. The number of amides is 1. The Morgan fingerprint density at radius 2 is 2.50 bits per heavy atom. The Morgan fingerprint density at radius 3 is 2.62 bits per heavy atom. The zero-order chi connectivity index (χ0) is 6.15. The maximum Gasteiger partial charge on any atom is 0.233 e. The van der Waals surface area contributed by atoms with Crippen molar-refractivity contribution in [3.8, 4) is 0 Å². The lowest BCUT2D eigenvalue weighted by molar-refractivity contribution is -0.117. The van der Waals surface area contributed by atoms with Crippen molar-refractivity contribution >= 4 is 21.8 Å². The molecule has 0 aromatic rings. The minimum atomic E-state index is -0.354. The van der Waals surface area contributed by atoms with Crippen LogP contribution in [-0.2, 0) is 9.53 Å². The van der Waals surface area contributed by atoms with Gasteiger partial charge in [0.1, 0.15) is 10.9 Å². The number of carbonyl (C=O) groups excluding carboxylic acids is 1. The summed E-state index contributed by atoms with van der Waals surface area (Å²) in [7, 11) is 0. The molecule has 2 N–H and O–H groups in total. The number of ether oxygens (including phenoxy) is 1. The molecule has 0 bridgehead atoms. The summed E-state index contributed by atoms with van der Waals surface area (Å²) in [5, 5.41) is 0. The van der Waals surface area contributed by atoms with Crippen molar-refractivity contribution in [2.75, 3.05) is 6.61 Å². The highest BCUT2D eigenvalue weighted by Gasteiger charge is 2.34. The van der Waals surface area contributed by atoms with Crippen molar-refractivity contribution in [1.29, 1.82) is 0 Å². The summed E-state index contributed by atoms with van der Waals surface area (Å²) < 4.78 is 4.78. The number of carbonyl (C=O) groups is 1. The van der Waals surface area contributed by atoms with Crippen molar-refractivity contribution in [3.63, 3.8) is 0 Å². The predicted molar refractivity (Wildman–Crippen MR) is 31.6 cm³/mol. The molecule has 0 aromatic heterocycles. The molecule has 8 heavy (non-hydrogen) atoms. The van der Waals surface area contributed by atoms with Crippen molar-refractivity contribution < 1.29 is 9.53 Å². The van der Waals surface area contributed by atoms with E-state index in [2.05, 4.69) is 15.9 Å². The van der Waals surface area contributed by atoms with E-state index in [0.717, 1.165) is 0 Å². The number of rotatable bonds is 2. The highest BCUT2D eigenvalue weighted by Crippen LogP contribution is 2.19. The van der Waals surface area contributed by atoms with Crippen LogP contribution < -0.4 is 5.73 Å². The molecule has 1 rings (SSSR count). The molecule has 1 aliphatic heterocycles. The quantitative estimate of drug-likeness (QED) is 0.465. The summed E-state index contributed by atoms with van der Waals surface area (Å²) in [6, 6.07) is 0. The standard InChI is InChI=1S/C4H6BrNO2/c5-3(4(6)7)2-1-8-2/h2-3H,1H2,(H2,6,7)/t2-,3-/m1/s1. The van der Waals surface area contributed by atoms with Gasteiger partial charge in [0, 0.05) is 0 Å². The Hall–Kier alpha value is -0.0900. The zero-order valence-electron chi connectivity index (χ0n) is 4.13. The molecule has 0 radical (unpaired) electrons. The molecule has 0 aromatic carbocycles. The maximum absolute atomic E-state index is 10.3. The molecule has 1 fully saturated rings. The lowest BCUT2D eigenvalue weighted by atomic mass is 10.3. The summed E-state index contributed by atoms with van der Waals surface area (Å²) in [5.74, 6) is -0.354. The lowest BCUT2D eigenvalue weighted by Gasteiger charge is -1.95. The van der Waals surface area contributed by atoms with Gasteiger partial charge in [-0.05, 0) is 0 Å². The number of primary amides is 1. The van der Waals surface area contributed by atoms with E-state index in [1.54, 1.807) is 0 Å². The highest BCUT2D eigenvalue weighted by molar-refractivity contribution is 9.10. The van der Waals surface area contributed by atoms with Crippen molar-refractivity contribution in [2.24, 2.45) is 5.73 Å². The van der Waals surface area contributed by atoms with E-state index < -0.39 is 0 Å². The molecule has 2 atom stereocenters. The van der Waals surface area contributed by atoms with Crippen LogP contribution >= 0.6 is 15.9 Å². The Kier molecular flexibility index (Phi) is 1.53. The van der Waals surface area contributed by atoms with Crippen LogP contribution in [0.3, 0.4) is 0 Å². The molecular weight excluding hydrogens is 174 g/mol. The van der Waals surface area contributed by atoms with Crippen molar-refractivity contribution in [3.05, 3.63) is 0 Å². The van der Waals surface area contributed by atoms with Crippen LogP contribution in [0.1, 0.15) is 0 Å². The van der Waals surface area contributed by atoms with Crippen LogP contribution in [0.2, 0.25) is 0 Å². The second-order valence-corrected chi connectivity index (χ2v) is 2.66. The van der Waals surface area contributed by atoms with Crippen LogP contribution in [0, 0.1) is 0 Å². The van der Waals surface area contributed by atoms with Crippen molar-refractivity contribution in [2.45, 2.75) is 10.9 Å². The molecular formula is C4H6BrNO2. The van der Waals surface area contributed by atoms with Gasteiger partial charge in [0.05, 0.1) is 6.61 Å². The largest absolute Gasteiger partial charge is 0.371 e. The van der Waals surface area contributed by atoms with Gasteiger partial charge < -0.3 is 10.5 Å². The molecule has 1 saturated heterocycles. The molecule has 1 amide bonds. The summed E-state index contributed by atoms with van der Waals surface area (Å²) in [6.45, 7) is 0.652. The van der Waals surface area contributed by atoms with Crippen LogP contribution in [0.25, 0.3) is 0 Å². The fourth-order valence-corrected chi connectivity index (χ4v) is 0.713. The lowest BCUT2D eigenvalue weighted by Crippen LogP contribution is -2.27. The van der Waals surface area contributed by atoms with Crippen LogP contribution in [-0.4, -0.2) is 23.4 Å². The molecule has 3 nitrogen and oxygen atoms in total. The number of nitrogens with two attached hydrogens (primary N) is 1. The van der Waals surface area contributed by atoms with Gasteiger partial charge in [-0.2, -0.15) is 0 Å². The Bertz CT molecular complexity index is 113. The van der Waals surface area contributed by atoms with E-state index in [1.807, 2.05) is 0 Å². The van der Waals surface area contributed by atoms with E-state index >= 15 is 0 Å². The number of hydrogen-bond acceptors (Lipinski definition) is 2. The first-order valence-corrected chi connectivity index (χ1v) is 3.18.